The maximum Gasteiger partial charge on any atom is 0.226 e. The van der Waals surface area contributed by atoms with Crippen molar-refractivity contribution in [3.63, 3.8) is 0 Å². The molecule has 6 heteroatoms. The molecule has 0 atom stereocenters. The molecule has 0 aliphatic carbocycles. The van der Waals surface area contributed by atoms with E-state index >= 15 is 0 Å². The molecule has 0 unspecified atom stereocenters. The largest absolute Gasteiger partial charge is 0.380 e. The average Bonchev–Trinajstić information content (AvgIpc) is 2.92. The van der Waals surface area contributed by atoms with E-state index in [1.165, 1.54) is 0 Å². The van der Waals surface area contributed by atoms with Crippen LogP contribution in [0.25, 0.3) is 10.6 Å². The molecule has 0 aliphatic rings. The van der Waals surface area contributed by atoms with Crippen LogP contribution in [0.5, 0.6) is 0 Å². The third kappa shape index (κ3) is 5.22. The van der Waals surface area contributed by atoms with Crippen LogP contribution in [0.3, 0.4) is 0 Å². The topological polar surface area (TPSA) is 51.2 Å². The molecule has 1 N–H and O–H groups in total. The van der Waals surface area contributed by atoms with Crippen molar-refractivity contribution < 1.29 is 9.53 Å². The summed E-state index contributed by atoms with van der Waals surface area (Å²) in [6.45, 7) is 3.68. The highest BCUT2D eigenvalue weighted by atomic mass is 79.9. The molecule has 0 saturated carbocycles. The summed E-state index contributed by atoms with van der Waals surface area (Å²) in [6.07, 6.45) is 0.302. The third-order valence-electron chi connectivity index (χ3n) is 2.74. The Bertz CT molecular complexity index is 601. The van der Waals surface area contributed by atoms with E-state index in [0.717, 1.165) is 20.7 Å². The number of carbonyl (C=O) groups excluding carboxylic acids is 1. The number of halogens is 1. The number of carbonyl (C=O) groups is 1. The fourth-order valence-electron chi connectivity index (χ4n) is 1.78. The van der Waals surface area contributed by atoms with Gasteiger partial charge in [0.1, 0.15) is 5.01 Å². The number of thiazole rings is 1. The number of amides is 1. The molecular weight excluding hydrogens is 352 g/mol. The lowest BCUT2D eigenvalue weighted by Gasteiger charge is -2.03. The third-order valence-corrected chi connectivity index (χ3v) is 4.17. The molecule has 4 nitrogen and oxygen atoms in total. The van der Waals surface area contributed by atoms with Crippen LogP contribution >= 0.6 is 27.3 Å². The van der Waals surface area contributed by atoms with Gasteiger partial charge in [0.2, 0.25) is 5.91 Å². The predicted octanol–water partition coefficient (Wildman–Crippen LogP) is 3.27. The molecule has 0 bridgehead atoms. The molecule has 1 heterocycles. The minimum absolute atomic E-state index is 0.0270. The first-order valence-electron chi connectivity index (χ1n) is 6.74. The van der Waals surface area contributed by atoms with E-state index in [9.17, 15) is 4.79 Å². The number of nitrogens with one attached hydrogen (secondary N) is 1. The monoisotopic (exact) mass is 368 g/mol. The molecule has 1 aromatic carbocycles. The smallest absolute Gasteiger partial charge is 0.226 e. The number of hydrogen-bond acceptors (Lipinski definition) is 4. The van der Waals surface area contributed by atoms with Crippen molar-refractivity contribution in [3.05, 3.63) is 39.8 Å². The number of benzene rings is 1. The Morgan fingerprint density at radius 1 is 1.48 bits per heavy atom. The second-order valence-electron chi connectivity index (χ2n) is 4.38. The molecule has 21 heavy (non-hydrogen) atoms. The van der Waals surface area contributed by atoms with E-state index in [2.05, 4.69) is 26.2 Å². The summed E-state index contributed by atoms with van der Waals surface area (Å²) in [5, 5.41) is 5.67. The van der Waals surface area contributed by atoms with Crippen LogP contribution in [0.1, 0.15) is 12.6 Å². The van der Waals surface area contributed by atoms with Crippen LogP contribution in [0, 0.1) is 0 Å². The Morgan fingerprint density at radius 2 is 2.33 bits per heavy atom. The van der Waals surface area contributed by atoms with Gasteiger partial charge < -0.3 is 10.1 Å². The standard InChI is InChI=1S/C15H17BrN2O2S/c1-2-20-7-6-17-14(19)9-13-10-21-15(18-13)11-4-3-5-12(16)8-11/h3-5,8,10H,2,6-7,9H2,1H3,(H,17,19). The first-order valence-corrected chi connectivity index (χ1v) is 8.41. The van der Waals surface area contributed by atoms with Crippen molar-refractivity contribution >= 4 is 33.2 Å². The van der Waals surface area contributed by atoms with Gasteiger partial charge in [-0.15, -0.1) is 11.3 Å². The van der Waals surface area contributed by atoms with Gasteiger partial charge in [0.05, 0.1) is 18.7 Å². The Labute approximate surface area is 136 Å². The SMILES string of the molecule is CCOCCNC(=O)Cc1csc(-c2cccc(Br)c2)n1. The summed E-state index contributed by atoms with van der Waals surface area (Å²) >= 11 is 5.00. The minimum Gasteiger partial charge on any atom is -0.380 e. The van der Waals surface area contributed by atoms with Crippen molar-refractivity contribution in [2.75, 3.05) is 19.8 Å². The molecule has 0 fully saturated rings. The molecule has 2 aromatic rings. The zero-order valence-electron chi connectivity index (χ0n) is 11.8. The Morgan fingerprint density at radius 3 is 3.10 bits per heavy atom. The maximum absolute atomic E-state index is 11.8. The van der Waals surface area contributed by atoms with Gasteiger partial charge in [-0.1, -0.05) is 28.1 Å². The lowest BCUT2D eigenvalue weighted by atomic mass is 10.2. The molecule has 2 rings (SSSR count). The molecule has 1 amide bonds. The van der Waals surface area contributed by atoms with Crippen LogP contribution in [0.4, 0.5) is 0 Å². The number of rotatable bonds is 7. The van der Waals surface area contributed by atoms with Gasteiger partial charge in [-0.2, -0.15) is 0 Å². The van der Waals surface area contributed by atoms with E-state index in [-0.39, 0.29) is 5.91 Å². The van der Waals surface area contributed by atoms with Gasteiger partial charge in [0, 0.05) is 28.6 Å². The van der Waals surface area contributed by atoms with Crippen molar-refractivity contribution in [3.8, 4) is 10.6 Å². The van der Waals surface area contributed by atoms with Crippen molar-refractivity contribution in [2.45, 2.75) is 13.3 Å². The zero-order chi connectivity index (χ0) is 15.1. The fourth-order valence-corrected chi connectivity index (χ4v) is 2.99. The molecule has 0 radical (unpaired) electrons. The van der Waals surface area contributed by atoms with E-state index in [0.29, 0.717) is 26.2 Å². The summed E-state index contributed by atoms with van der Waals surface area (Å²) in [5.74, 6) is -0.0270. The maximum atomic E-state index is 11.8. The molecule has 0 aliphatic heterocycles. The molecule has 0 spiro atoms. The number of aromatic nitrogens is 1. The van der Waals surface area contributed by atoms with Crippen LogP contribution in [-0.4, -0.2) is 30.6 Å². The summed E-state index contributed by atoms with van der Waals surface area (Å²) in [7, 11) is 0. The summed E-state index contributed by atoms with van der Waals surface area (Å²) < 4.78 is 6.19. The van der Waals surface area contributed by atoms with Crippen molar-refractivity contribution in [1.29, 1.82) is 0 Å². The lowest BCUT2D eigenvalue weighted by Crippen LogP contribution is -2.28. The molecular formula is C15H17BrN2O2S. The van der Waals surface area contributed by atoms with Gasteiger partial charge >= 0.3 is 0 Å². The first-order chi connectivity index (χ1) is 10.2. The van der Waals surface area contributed by atoms with Crippen LogP contribution < -0.4 is 5.32 Å². The fraction of sp³-hybridized carbons (Fsp3) is 0.333. The Balaban J connectivity index is 1.90. The molecule has 112 valence electrons. The summed E-state index contributed by atoms with van der Waals surface area (Å²) in [6, 6.07) is 7.98. The highest BCUT2D eigenvalue weighted by Gasteiger charge is 2.09. The van der Waals surface area contributed by atoms with Gasteiger partial charge in [-0.3, -0.25) is 4.79 Å². The van der Waals surface area contributed by atoms with Crippen LogP contribution in [0.2, 0.25) is 0 Å². The highest BCUT2D eigenvalue weighted by Crippen LogP contribution is 2.26. The number of nitrogens with zero attached hydrogens (tertiary/aromatic N) is 1. The van der Waals surface area contributed by atoms with Gasteiger partial charge in [0.25, 0.3) is 0 Å². The van der Waals surface area contributed by atoms with Gasteiger partial charge in [-0.05, 0) is 19.1 Å². The van der Waals surface area contributed by atoms with E-state index in [1.54, 1.807) is 11.3 Å². The second kappa shape index (κ2) is 8.26. The number of ether oxygens (including phenoxy) is 1. The predicted molar refractivity (Wildman–Crippen MR) is 88.5 cm³/mol. The van der Waals surface area contributed by atoms with E-state index in [4.69, 9.17) is 4.74 Å². The van der Waals surface area contributed by atoms with Crippen LogP contribution in [-0.2, 0) is 16.0 Å². The highest BCUT2D eigenvalue weighted by molar-refractivity contribution is 9.10. The Kier molecular flexibility index (Phi) is 6.35. The second-order valence-corrected chi connectivity index (χ2v) is 6.15. The molecule has 0 saturated heterocycles. The van der Waals surface area contributed by atoms with E-state index < -0.39 is 0 Å². The minimum atomic E-state index is -0.0270. The van der Waals surface area contributed by atoms with Crippen molar-refractivity contribution in [2.24, 2.45) is 0 Å². The Hall–Kier alpha value is -1.24. The average molecular weight is 369 g/mol. The number of hydrogen-bond donors (Lipinski definition) is 1. The van der Waals surface area contributed by atoms with Crippen molar-refractivity contribution in [1.82, 2.24) is 10.3 Å². The van der Waals surface area contributed by atoms with E-state index in [1.807, 2.05) is 36.6 Å². The summed E-state index contributed by atoms with van der Waals surface area (Å²) in [5.41, 5.74) is 1.85. The normalized spacial score (nSPS) is 10.6. The zero-order valence-corrected chi connectivity index (χ0v) is 14.2. The van der Waals surface area contributed by atoms with Crippen LogP contribution in [0.15, 0.2) is 34.1 Å². The quantitative estimate of drug-likeness (QED) is 0.763. The molecule has 1 aromatic heterocycles. The summed E-state index contributed by atoms with van der Waals surface area (Å²) in [4.78, 5) is 16.3. The lowest BCUT2D eigenvalue weighted by molar-refractivity contribution is -0.120. The van der Waals surface area contributed by atoms with Gasteiger partial charge in [0.15, 0.2) is 0 Å². The van der Waals surface area contributed by atoms with Gasteiger partial charge in [-0.25, -0.2) is 4.98 Å². The first kappa shape index (κ1) is 16.1.